The second kappa shape index (κ2) is 5.84. The van der Waals surface area contributed by atoms with Gasteiger partial charge in [-0.05, 0) is 12.5 Å². The van der Waals surface area contributed by atoms with Crippen molar-refractivity contribution in [1.82, 2.24) is 10.2 Å². The molecule has 100 valence electrons. The monoisotopic (exact) mass is 281 g/mol. The summed E-state index contributed by atoms with van der Waals surface area (Å²) in [5, 5.41) is 13.5. The van der Waals surface area contributed by atoms with E-state index >= 15 is 0 Å². The van der Waals surface area contributed by atoms with Crippen LogP contribution in [-0.4, -0.2) is 10.2 Å². The smallest absolute Gasteiger partial charge is 0.206 e. The summed E-state index contributed by atoms with van der Waals surface area (Å²) in [6.45, 7) is 2.87. The molecule has 0 aliphatic rings. The molecular weight excluding hydrogens is 266 g/mol. The lowest BCUT2D eigenvalue weighted by Crippen LogP contribution is -1.98. The predicted molar refractivity (Wildman–Crippen MR) is 83.9 cm³/mol. The van der Waals surface area contributed by atoms with Gasteiger partial charge in [0.05, 0.1) is 0 Å². The second-order valence-electron chi connectivity index (χ2n) is 4.62. The van der Waals surface area contributed by atoms with Crippen LogP contribution in [0.15, 0.2) is 54.6 Å². The Morgan fingerprint density at radius 3 is 2.65 bits per heavy atom. The van der Waals surface area contributed by atoms with Crippen LogP contribution in [0, 0.1) is 6.92 Å². The van der Waals surface area contributed by atoms with Crippen LogP contribution in [-0.2, 0) is 6.54 Å². The number of hydrogen-bond donors (Lipinski definition) is 1. The molecule has 20 heavy (non-hydrogen) atoms. The summed E-state index contributed by atoms with van der Waals surface area (Å²) < 4.78 is 0. The maximum atomic E-state index is 4.22. The van der Waals surface area contributed by atoms with Crippen LogP contribution < -0.4 is 5.32 Å². The summed E-state index contributed by atoms with van der Waals surface area (Å²) in [6.07, 6.45) is 0. The summed E-state index contributed by atoms with van der Waals surface area (Å²) in [7, 11) is 0. The third-order valence-corrected chi connectivity index (χ3v) is 3.90. The number of benzene rings is 2. The van der Waals surface area contributed by atoms with Crippen molar-refractivity contribution in [3.63, 3.8) is 0 Å². The minimum atomic E-state index is 0.769. The molecule has 1 N–H and O–H groups in total. The molecule has 2 aromatic carbocycles. The van der Waals surface area contributed by atoms with Crippen LogP contribution in [0.25, 0.3) is 10.6 Å². The van der Waals surface area contributed by atoms with Crippen molar-refractivity contribution in [2.75, 3.05) is 5.32 Å². The molecule has 0 aliphatic heterocycles. The molecule has 1 heterocycles. The molecule has 0 spiro atoms. The Morgan fingerprint density at radius 2 is 1.85 bits per heavy atom. The standard InChI is InChI=1S/C16H15N3S/c1-12-6-5-7-13(10-12)11-17-16-19-18-15(20-16)14-8-3-2-4-9-14/h2-10H,11H2,1H3,(H,17,19). The van der Waals surface area contributed by atoms with E-state index in [1.54, 1.807) is 11.3 Å². The van der Waals surface area contributed by atoms with E-state index in [0.29, 0.717) is 0 Å². The summed E-state index contributed by atoms with van der Waals surface area (Å²) in [5.41, 5.74) is 3.63. The SMILES string of the molecule is Cc1cccc(CNc2nnc(-c3ccccc3)s2)c1. The number of nitrogens with zero attached hydrogens (tertiary/aromatic N) is 2. The minimum absolute atomic E-state index is 0.769. The van der Waals surface area contributed by atoms with Gasteiger partial charge in [0.15, 0.2) is 0 Å². The van der Waals surface area contributed by atoms with Crippen molar-refractivity contribution < 1.29 is 0 Å². The highest BCUT2D eigenvalue weighted by Crippen LogP contribution is 2.26. The third-order valence-electron chi connectivity index (χ3n) is 2.97. The normalized spacial score (nSPS) is 10.4. The first-order chi connectivity index (χ1) is 9.81. The van der Waals surface area contributed by atoms with Gasteiger partial charge in [-0.1, -0.05) is 71.5 Å². The van der Waals surface area contributed by atoms with Crippen molar-refractivity contribution in [3.8, 4) is 10.6 Å². The van der Waals surface area contributed by atoms with Gasteiger partial charge in [0.2, 0.25) is 5.13 Å². The molecule has 1 aromatic heterocycles. The van der Waals surface area contributed by atoms with E-state index in [2.05, 4.69) is 46.7 Å². The van der Waals surface area contributed by atoms with Crippen LogP contribution in [0.5, 0.6) is 0 Å². The lowest BCUT2D eigenvalue weighted by Gasteiger charge is -2.02. The number of anilines is 1. The zero-order chi connectivity index (χ0) is 13.8. The summed E-state index contributed by atoms with van der Waals surface area (Å²) >= 11 is 1.58. The predicted octanol–water partition coefficient (Wildman–Crippen LogP) is 4.13. The quantitative estimate of drug-likeness (QED) is 0.781. The molecule has 0 saturated heterocycles. The first kappa shape index (κ1) is 12.8. The molecule has 3 rings (SSSR count). The third kappa shape index (κ3) is 3.03. The fourth-order valence-electron chi connectivity index (χ4n) is 1.99. The number of nitrogens with one attached hydrogen (secondary N) is 1. The topological polar surface area (TPSA) is 37.8 Å². The number of hydrogen-bond acceptors (Lipinski definition) is 4. The largest absolute Gasteiger partial charge is 0.356 e. The van der Waals surface area contributed by atoms with Crippen LogP contribution in [0.1, 0.15) is 11.1 Å². The summed E-state index contributed by atoms with van der Waals surface area (Å²) in [4.78, 5) is 0. The Hall–Kier alpha value is -2.20. The molecule has 0 atom stereocenters. The van der Waals surface area contributed by atoms with Crippen LogP contribution >= 0.6 is 11.3 Å². The molecule has 3 nitrogen and oxygen atoms in total. The van der Waals surface area contributed by atoms with E-state index in [1.807, 2.05) is 30.3 Å². The average molecular weight is 281 g/mol. The van der Waals surface area contributed by atoms with Crippen LogP contribution in [0.3, 0.4) is 0 Å². The average Bonchev–Trinajstić information content (AvgIpc) is 2.95. The Bertz CT molecular complexity index is 692. The van der Waals surface area contributed by atoms with Crippen molar-refractivity contribution in [2.24, 2.45) is 0 Å². The molecule has 0 saturated carbocycles. The molecular formula is C16H15N3S. The van der Waals surface area contributed by atoms with Gasteiger partial charge in [-0.3, -0.25) is 0 Å². The Labute approximate surface area is 122 Å². The minimum Gasteiger partial charge on any atom is -0.356 e. The molecule has 3 aromatic rings. The van der Waals surface area contributed by atoms with Gasteiger partial charge in [0.25, 0.3) is 0 Å². The van der Waals surface area contributed by atoms with E-state index in [1.165, 1.54) is 11.1 Å². The van der Waals surface area contributed by atoms with E-state index in [4.69, 9.17) is 0 Å². The van der Waals surface area contributed by atoms with Gasteiger partial charge in [-0.2, -0.15) is 0 Å². The Kier molecular flexibility index (Phi) is 3.74. The lowest BCUT2D eigenvalue weighted by atomic mass is 10.1. The maximum absolute atomic E-state index is 4.22. The van der Waals surface area contributed by atoms with Crippen molar-refractivity contribution >= 4 is 16.5 Å². The maximum Gasteiger partial charge on any atom is 0.206 e. The molecule has 0 aliphatic carbocycles. The molecule has 0 bridgehead atoms. The van der Waals surface area contributed by atoms with E-state index < -0.39 is 0 Å². The molecule has 0 amide bonds. The fourth-order valence-corrected chi connectivity index (χ4v) is 2.74. The van der Waals surface area contributed by atoms with Crippen molar-refractivity contribution in [1.29, 1.82) is 0 Å². The summed E-state index contributed by atoms with van der Waals surface area (Å²) in [5.74, 6) is 0. The fraction of sp³-hybridized carbons (Fsp3) is 0.125. The van der Waals surface area contributed by atoms with Gasteiger partial charge in [-0.15, -0.1) is 10.2 Å². The highest BCUT2D eigenvalue weighted by atomic mass is 32.1. The number of rotatable bonds is 4. The van der Waals surface area contributed by atoms with Gasteiger partial charge >= 0.3 is 0 Å². The van der Waals surface area contributed by atoms with Crippen LogP contribution in [0.2, 0.25) is 0 Å². The molecule has 4 heteroatoms. The first-order valence-corrected chi connectivity index (χ1v) is 7.31. The molecule has 0 unspecified atom stereocenters. The molecule has 0 radical (unpaired) electrons. The van der Waals surface area contributed by atoms with Crippen molar-refractivity contribution in [3.05, 3.63) is 65.7 Å². The Balaban J connectivity index is 1.69. The van der Waals surface area contributed by atoms with E-state index in [0.717, 1.165) is 22.2 Å². The molecule has 0 fully saturated rings. The van der Waals surface area contributed by atoms with Gasteiger partial charge < -0.3 is 5.32 Å². The van der Waals surface area contributed by atoms with Crippen LogP contribution in [0.4, 0.5) is 5.13 Å². The lowest BCUT2D eigenvalue weighted by molar-refractivity contribution is 1.05. The van der Waals surface area contributed by atoms with Gasteiger partial charge in [0.1, 0.15) is 5.01 Å². The van der Waals surface area contributed by atoms with E-state index in [9.17, 15) is 0 Å². The van der Waals surface area contributed by atoms with Gasteiger partial charge in [0, 0.05) is 12.1 Å². The van der Waals surface area contributed by atoms with E-state index in [-0.39, 0.29) is 0 Å². The zero-order valence-corrected chi connectivity index (χ0v) is 12.0. The van der Waals surface area contributed by atoms with Gasteiger partial charge in [-0.25, -0.2) is 0 Å². The summed E-state index contributed by atoms with van der Waals surface area (Å²) in [6, 6.07) is 18.6. The first-order valence-electron chi connectivity index (χ1n) is 6.49. The highest BCUT2D eigenvalue weighted by Gasteiger charge is 2.05. The van der Waals surface area contributed by atoms with Crippen molar-refractivity contribution in [2.45, 2.75) is 13.5 Å². The Morgan fingerprint density at radius 1 is 1.00 bits per heavy atom. The number of aryl methyl sites for hydroxylation is 1. The highest BCUT2D eigenvalue weighted by molar-refractivity contribution is 7.18. The second-order valence-corrected chi connectivity index (χ2v) is 5.60. The zero-order valence-electron chi connectivity index (χ0n) is 11.2. The number of aromatic nitrogens is 2.